The third kappa shape index (κ3) is 4.28. The van der Waals surface area contributed by atoms with Crippen molar-refractivity contribution >= 4 is 23.2 Å². The molecule has 1 heterocycles. The van der Waals surface area contributed by atoms with Gasteiger partial charge in [0, 0.05) is 17.8 Å². The van der Waals surface area contributed by atoms with Crippen LogP contribution in [0.25, 0.3) is 0 Å². The maximum absolute atomic E-state index is 12.6. The molecular weight excluding hydrogens is 368 g/mol. The van der Waals surface area contributed by atoms with E-state index in [1.54, 1.807) is 39.5 Å². The Morgan fingerprint density at radius 3 is 2.44 bits per heavy atom. The highest BCUT2D eigenvalue weighted by molar-refractivity contribution is 6.32. The number of methoxy groups -OCH3 is 3. The first-order valence-corrected chi connectivity index (χ1v) is 9.06. The molecule has 0 unspecified atom stereocenters. The van der Waals surface area contributed by atoms with Crippen molar-refractivity contribution < 1.29 is 19.0 Å². The van der Waals surface area contributed by atoms with Gasteiger partial charge in [0.15, 0.2) is 11.5 Å². The summed E-state index contributed by atoms with van der Waals surface area (Å²) in [6, 6.07) is 10.8. The van der Waals surface area contributed by atoms with Gasteiger partial charge in [0.2, 0.25) is 5.91 Å². The first-order valence-electron chi connectivity index (χ1n) is 8.68. The SMILES string of the molecule is COc1cc(NC(=O)[C@@H]2CC[C@H](c3ccc(OC)c(OC)c3)N2)ccc1Cl. The van der Waals surface area contributed by atoms with Crippen LogP contribution in [0.1, 0.15) is 24.4 Å². The molecule has 2 atom stereocenters. The summed E-state index contributed by atoms with van der Waals surface area (Å²) in [7, 11) is 4.76. The van der Waals surface area contributed by atoms with Crippen LogP contribution in [-0.2, 0) is 4.79 Å². The highest BCUT2D eigenvalue weighted by atomic mass is 35.5. The standard InChI is InChI=1S/C20H23ClN2O4/c1-25-17-9-4-12(10-19(17)27-3)15-7-8-16(23-15)20(24)22-13-5-6-14(21)18(11-13)26-2/h4-6,9-11,15-16,23H,7-8H2,1-3H3,(H,22,24)/t15-,16+/m1/s1. The summed E-state index contributed by atoms with van der Waals surface area (Å²) in [4.78, 5) is 12.6. The fourth-order valence-corrected chi connectivity index (χ4v) is 3.44. The van der Waals surface area contributed by atoms with Crippen molar-refractivity contribution in [2.24, 2.45) is 0 Å². The van der Waals surface area contributed by atoms with Crippen LogP contribution in [0.5, 0.6) is 17.2 Å². The van der Waals surface area contributed by atoms with Crippen molar-refractivity contribution in [3.63, 3.8) is 0 Å². The first-order chi connectivity index (χ1) is 13.0. The van der Waals surface area contributed by atoms with Gasteiger partial charge >= 0.3 is 0 Å². The van der Waals surface area contributed by atoms with Crippen LogP contribution in [0.15, 0.2) is 36.4 Å². The Hall–Kier alpha value is -2.44. The van der Waals surface area contributed by atoms with Crippen molar-refractivity contribution in [3.05, 3.63) is 47.0 Å². The molecule has 2 aromatic rings. The summed E-state index contributed by atoms with van der Waals surface area (Å²) in [5.74, 6) is 1.81. The Bertz CT molecular complexity index is 828. The molecular formula is C20H23ClN2O4. The molecule has 1 saturated heterocycles. The number of nitrogens with one attached hydrogen (secondary N) is 2. The Kier molecular flexibility index (Phi) is 6.08. The average Bonchev–Trinajstić information content (AvgIpc) is 3.19. The minimum Gasteiger partial charge on any atom is -0.495 e. The highest BCUT2D eigenvalue weighted by Gasteiger charge is 2.30. The lowest BCUT2D eigenvalue weighted by molar-refractivity contribution is -0.117. The highest BCUT2D eigenvalue weighted by Crippen LogP contribution is 2.34. The molecule has 0 saturated carbocycles. The lowest BCUT2D eigenvalue weighted by Crippen LogP contribution is -2.36. The summed E-state index contributed by atoms with van der Waals surface area (Å²) < 4.78 is 15.8. The van der Waals surface area contributed by atoms with Gasteiger partial charge in [0.05, 0.1) is 32.4 Å². The van der Waals surface area contributed by atoms with E-state index in [9.17, 15) is 4.79 Å². The molecule has 3 rings (SSSR count). The molecule has 1 amide bonds. The second kappa shape index (κ2) is 8.50. The summed E-state index contributed by atoms with van der Waals surface area (Å²) in [5, 5.41) is 6.81. The number of hydrogen-bond acceptors (Lipinski definition) is 5. The van der Waals surface area contributed by atoms with Gasteiger partial charge in [-0.3, -0.25) is 10.1 Å². The molecule has 0 spiro atoms. The predicted molar refractivity (Wildman–Crippen MR) is 105 cm³/mol. The van der Waals surface area contributed by atoms with E-state index in [0.29, 0.717) is 28.0 Å². The van der Waals surface area contributed by atoms with Crippen molar-refractivity contribution in [1.29, 1.82) is 0 Å². The average molecular weight is 391 g/mol. The van der Waals surface area contributed by atoms with Crippen LogP contribution in [0, 0.1) is 0 Å². The van der Waals surface area contributed by atoms with E-state index in [2.05, 4.69) is 10.6 Å². The third-order valence-electron chi connectivity index (χ3n) is 4.69. The molecule has 6 nitrogen and oxygen atoms in total. The number of carbonyl (C=O) groups excluding carboxylic acids is 1. The molecule has 1 aliphatic heterocycles. The van der Waals surface area contributed by atoms with Gasteiger partial charge in [-0.05, 0) is 42.7 Å². The van der Waals surface area contributed by atoms with E-state index in [0.717, 1.165) is 18.4 Å². The smallest absolute Gasteiger partial charge is 0.241 e. The maximum atomic E-state index is 12.6. The van der Waals surface area contributed by atoms with Crippen LogP contribution in [0.4, 0.5) is 5.69 Å². The van der Waals surface area contributed by atoms with Gasteiger partial charge < -0.3 is 19.5 Å². The molecule has 1 fully saturated rings. The summed E-state index contributed by atoms with van der Waals surface area (Å²) >= 11 is 6.02. The van der Waals surface area contributed by atoms with Gasteiger partial charge in [-0.1, -0.05) is 17.7 Å². The summed E-state index contributed by atoms with van der Waals surface area (Å²) in [6.07, 6.45) is 1.60. The van der Waals surface area contributed by atoms with Crippen LogP contribution in [0.2, 0.25) is 5.02 Å². The van der Waals surface area contributed by atoms with E-state index in [1.807, 2.05) is 18.2 Å². The van der Waals surface area contributed by atoms with Gasteiger partial charge in [0.25, 0.3) is 0 Å². The quantitative estimate of drug-likeness (QED) is 0.785. The number of hydrogen-bond donors (Lipinski definition) is 2. The lowest BCUT2D eigenvalue weighted by atomic mass is 10.0. The fraction of sp³-hybridized carbons (Fsp3) is 0.350. The fourth-order valence-electron chi connectivity index (χ4n) is 3.25. The minimum absolute atomic E-state index is 0.0812. The van der Waals surface area contributed by atoms with Gasteiger partial charge in [-0.15, -0.1) is 0 Å². The number of carbonyl (C=O) groups is 1. The first kappa shape index (κ1) is 19.3. The Labute approximate surface area is 163 Å². The molecule has 7 heteroatoms. The van der Waals surface area contributed by atoms with Gasteiger partial charge in [-0.2, -0.15) is 0 Å². The second-order valence-electron chi connectivity index (χ2n) is 6.30. The minimum atomic E-state index is -0.273. The Balaban J connectivity index is 1.66. The van der Waals surface area contributed by atoms with Gasteiger partial charge in [0.1, 0.15) is 5.75 Å². The normalized spacial score (nSPS) is 18.8. The van der Waals surface area contributed by atoms with Crippen LogP contribution < -0.4 is 24.8 Å². The molecule has 1 aliphatic rings. The number of amides is 1. The molecule has 0 radical (unpaired) electrons. The largest absolute Gasteiger partial charge is 0.495 e. The Morgan fingerprint density at radius 2 is 1.74 bits per heavy atom. The van der Waals surface area contributed by atoms with Crippen molar-refractivity contribution in [3.8, 4) is 17.2 Å². The monoisotopic (exact) mass is 390 g/mol. The molecule has 0 bridgehead atoms. The van der Waals surface area contributed by atoms with Crippen LogP contribution >= 0.6 is 11.6 Å². The van der Waals surface area contributed by atoms with Gasteiger partial charge in [-0.25, -0.2) is 0 Å². The molecule has 144 valence electrons. The number of rotatable bonds is 6. The molecule has 2 aromatic carbocycles. The van der Waals surface area contributed by atoms with E-state index in [-0.39, 0.29) is 18.0 Å². The van der Waals surface area contributed by atoms with E-state index in [4.69, 9.17) is 25.8 Å². The Morgan fingerprint density at radius 1 is 1.00 bits per heavy atom. The van der Waals surface area contributed by atoms with E-state index >= 15 is 0 Å². The van der Waals surface area contributed by atoms with Crippen LogP contribution in [-0.4, -0.2) is 33.3 Å². The number of ether oxygens (including phenoxy) is 3. The third-order valence-corrected chi connectivity index (χ3v) is 5.00. The lowest BCUT2D eigenvalue weighted by Gasteiger charge is -2.17. The number of halogens is 1. The summed E-state index contributed by atoms with van der Waals surface area (Å²) in [5.41, 5.74) is 1.72. The number of anilines is 1. The molecule has 2 N–H and O–H groups in total. The molecule has 27 heavy (non-hydrogen) atoms. The van der Waals surface area contributed by atoms with E-state index < -0.39 is 0 Å². The maximum Gasteiger partial charge on any atom is 0.241 e. The van der Waals surface area contributed by atoms with E-state index in [1.165, 1.54) is 0 Å². The van der Waals surface area contributed by atoms with Crippen molar-refractivity contribution in [2.45, 2.75) is 24.9 Å². The van der Waals surface area contributed by atoms with Crippen LogP contribution in [0.3, 0.4) is 0 Å². The number of benzene rings is 2. The molecule has 0 aliphatic carbocycles. The summed E-state index contributed by atoms with van der Waals surface area (Å²) in [6.45, 7) is 0. The second-order valence-corrected chi connectivity index (χ2v) is 6.71. The van der Waals surface area contributed by atoms with Crippen molar-refractivity contribution in [2.75, 3.05) is 26.6 Å². The zero-order valence-electron chi connectivity index (χ0n) is 15.5. The predicted octanol–water partition coefficient (Wildman–Crippen LogP) is 3.80. The van der Waals surface area contributed by atoms with Crippen molar-refractivity contribution in [1.82, 2.24) is 5.32 Å². The zero-order valence-corrected chi connectivity index (χ0v) is 16.3. The zero-order chi connectivity index (χ0) is 19.4. The topological polar surface area (TPSA) is 68.8 Å². The molecule has 0 aromatic heterocycles.